The molecule has 0 radical (unpaired) electrons. The van der Waals surface area contributed by atoms with E-state index in [1.165, 1.54) is 0 Å². The van der Waals surface area contributed by atoms with E-state index < -0.39 is 0 Å². The highest BCUT2D eigenvalue weighted by molar-refractivity contribution is 5.18. The topological polar surface area (TPSA) is 32.3 Å². The Balaban J connectivity index is 0. The third-order valence-electron chi connectivity index (χ3n) is 0.756. The minimum Gasteiger partial charge on any atom is -0.508 e. The molecule has 0 spiro atoms. The lowest BCUT2D eigenvalue weighted by molar-refractivity contribution is 0.475. The highest BCUT2D eigenvalue weighted by Crippen LogP contribution is 2.02. The van der Waals surface area contributed by atoms with Gasteiger partial charge in [-0.3, -0.25) is 0 Å². The summed E-state index contributed by atoms with van der Waals surface area (Å²) in [6, 6.07) is 8.71. The van der Waals surface area contributed by atoms with Crippen molar-refractivity contribution < 1.29 is 5.11 Å². The first-order chi connectivity index (χ1) is 6.22. The zero-order chi connectivity index (χ0) is 10.5. The van der Waals surface area contributed by atoms with Gasteiger partial charge in [0, 0.05) is 0 Å². The summed E-state index contributed by atoms with van der Waals surface area (Å²) in [6.07, 6.45) is 1.75. The summed E-state index contributed by atoms with van der Waals surface area (Å²) in [5, 5.41) is 11.4. The van der Waals surface area contributed by atoms with Gasteiger partial charge in [0.05, 0.1) is 0 Å². The zero-order valence-electron chi connectivity index (χ0n) is 8.62. The number of hydrogen-bond acceptors (Lipinski definition) is 2. The monoisotopic (exact) mass is 181 g/mol. The minimum absolute atomic E-state index is 0.322. The first-order valence-electron chi connectivity index (χ1n) is 4.12. The van der Waals surface area contributed by atoms with Crippen LogP contribution >= 0.6 is 0 Å². The Morgan fingerprint density at radius 2 is 1.54 bits per heavy atom. The molecule has 2 heteroatoms. The molecular formula is C11H19NO. The van der Waals surface area contributed by atoms with Crippen LogP contribution in [-0.4, -0.2) is 19.2 Å². The van der Waals surface area contributed by atoms with Gasteiger partial charge in [0.1, 0.15) is 5.75 Å². The third kappa shape index (κ3) is 18.1. The Hall–Kier alpha value is -1.28. The predicted molar refractivity (Wildman–Crippen MR) is 59.0 cm³/mol. The van der Waals surface area contributed by atoms with Crippen molar-refractivity contribution in [3.05, 3.63) is 43.0 Å². The van der Waals surface area contributed by atoms with Crippen molar-refractivity contribution in [2.45, 2.75) is 6.92 Å². The van der Waals surface area contributed by atoms with Crippen LogP contribution in [0.4, 0.5) is 0 Å². The van der Waals surface area contributed by atoms with Crippen LogP contribution in [0.15, 0.2) is 43.0 Å². The number of benzene rings is 1. The van der Waals surface area contributed by atoms with Gasteiger partial charge in [-0.15, -0.1) is 6.58 Å². The van der Waals surface area contributed by atoms with Crippen LogP contribution in [0.5, 0.6) is 5.75 Å². The van der Waals surface area contributed by atoms with E-state index >= 15 is 0 Å². The molecule has 0 aliphatic rings. The normalized spacial score (nSPS) is 7.00. The molecule has 2 N–H and O–H groups in total. The number of phenols is 1. The molecule has 0 heterocycles. The molecule has 0 bridgehead atoms. The Bertz CT molecular complexity index is 185. The van der Waals surface area contributed by atoms with Crippen LogP contribution in [0.25, 0.3) is 0 Å². The lowest BCUT2D eigenvalue weighted by Crippen LogP contribution is -1.89. The molecule has 0 saturated heterocycles. The molecule has 0 fully saturated rings. The summed E-state index contributed by atoms with van der Waals surface area (Å²) >= 11 is 0. The van der Waals surface area contributed by atoms with E-state index in [1.807, 2.05) is 27.1 Å². The van der Waals surface area contributed by atoms with Crippen molar-refractivity contribution >= 4 is 0 Å². The largest absolute Gasteiger partial charge is 0.508 e. The first kappa shape index (κ1) is 14.3. The van der Waals surface area contributed by atoms with Gasteiger partial charge in [0.15, 0.2) is 0 Å². The van der Waals surface area contributed by atoms with E-state index in [4.69, 9.17) is 5.11 Å². The smallest absolute Gasteiger partial charge is 0.115 e. The van der Waals surface area contributed by atoms with Gasteiger partial charge in [-0.25, -0.2) is 0 Å². The fourth-order valence-corrected chi connectivity index (χ4v) is 0.428. The fourth-order valence-electron chi connectivity index (χ4n) is 0.428. The number of hydrogen-bond donors (Lipinski definition) is 2. The quantitative estimate of drug-likeness (QED) is 0.602. The molecule has 0 unspecified atom stereocenters. The van der Waals surface area contributed by atoms with Gasteiger partial charge >= 0.3 is 0 Å². The molecule has 0 atom stereocenters. The van der Waals surface area contributed by atoms with Crippen molar-refractivity contribution in [2.75, 3.05) is 14.1 Å². The molecule has 1 rings (SSSR count). The summed E-state index contributed by atoms with van der Waals surface area (Å²) in [6.45, 7) is 5.25. The van der Waals surface area contributed by atoms with E-state index in [0.717, 1.165) is 0 Å². The van der Waals surface area contributed by atoms with Crippen LogP contribution < -0.4 is 5.32 Å². The molecule has 1 aromatic rings. The van der Waals surface area contributed by atoms with Crippen LogP contribution in [0.2, 0.25) is 0 Å². The van der Waals surface area contributed by atoms with E-state index in [1.54, 1.807) is 30.3 Å². The fraction of sp³-hybridized carbons (Fsp3) is 0.273. The van der Waals surface area contributed by atoms with Crippen molar-refractivity contribution in [1.29, 1.82) is 0 Å². The second kappa shape index (κ2) is 13.3. The molecule has 0 aliphatic carbocycles. The summed E-state index contributed by atoms with van der Waals surface area (Å²) in [5.74, 6) is 0.322. The van der Waals surface area contributed by atoms with Crippen LogP contribution in [-0.2, 0) is 0 Å². The Labute approximate surface area is 80.9 Å². The first-order valence-corrected chi connectivity index (χ1v) is 4.12. The predicted octanol–water partition coefficient (Wildman–Crippen LogP) is 2.42. The van der Waals surface area contributed by atoms with Gasteiger partial charge in [0.25, 0.3) is 0 Å². The minimum atomic E-state index is 0.322. The average Bonchev–Trinajstić information content (AvgIpc) is 2.08. The Kier molecular flexibility index (Phi) is 14.6. The summed E-state index contributed by atoms with van der Waals surface area (Å²) in [5.41, 5.74) is 0. The number of allylic oxidation sites excluding steroid dienone is 1. The number of aromatic hydroxyl groups is 1. The number of phenolic OH excluding ortho intramolecular Hbond substituents is 1. The molecule has 0 aromatic heterocycles. The molecular weight excluding hydrogens is 162 g/mol. The van der Waals surface area contributed by atoms with Crippen molar-refractivity contribution in [3.8, 4) is 5.75 Å². The molecule has 0 amide bonds. The van der Waals surface area contributed by atoms with Crippen molar-refractivity contribution in [2.24, 2.45) is 0 Å². The standard InChI is InChI=1S/C6H6O.C3H6.C2H7N/c7-6-4-2-1-3-5-6;2*1-3-2/h1-5,7H;3H,1H2,2H3;3H,1-2H3. The van der Waals surface area contributed by atoms with E-state index in [9.17, 15) is 0 Å². The average molecular weight is 181 g/mol. The molecule has 0 aliphatic heterocycles. The van der Waals surface area contributed by atoms with E-state index in [2.05, 4.69) is 11.9 Å². The highest BCUT2D eigenvalue weighted by atomic mass is 16.3. The lowest BCUT2D eigenvalue weighted by Gasteiger charge is -1.82. The molecule has 74 valence electrons. The van der Waals surface area contributed by atoms with Gasteiger partial charge in [0.2, 0.25) is 0 Å². The van der Waals surface area contributed by atoms with E-state index in [0.29, 0.717) is 5.75 Å². The molecule has 0 saturated carbocycles. The lowest BCUT2D eigenvalue weighted by atomic mass is 10.3. The zero-order valence-corrected chi connectivity index (χ0v) is 8.62. The second-order valence-electron chi connectivity index (χ2n) is 2.24. The third-order valence-corrected chi connectivity index (χ3v) is 0.756. The maximum Gasteiger partial charge on any atom is 0.115 e. The summed E-state index contributed by atoms with van der Waals surface area (Å²) < 4.78 is 0. The Morgan fingerprint density at radius 1 is 1.23 bits per heavy atom. The SMILES string of the molecule is C=CC.CNC.Oc1ccccc1. The van der Waals surface area contributed by atoms with Crippen molar-refractivity contribution in [3.63, 3.8) is 0 Å². The summed E-state index contributed by atoms with van der Waals surface area (Å²) in [7, 11) is 3.75. The number of para-hydroxylation sites is 1. The van der Waals surface area contributed by atoms with Crippen LogP contribution in [0.1, 0.15) is 6.92 Å². The second-order valence-corrected chi connectivity index (χ2v) is 2.24. The number of nitrogens with one attached hydrogen (secondary N) is 1. The van der Waals surface area contributed by atoms with Crippen LogP contribution in [0.3, 0.4) is 0 Å². The molecule has 2 nitrogen and oxygen atoms in total. The summed E-state index contributed by atoms with van der Waals surface area (Å²) in [4.78, 5) is 0. The van der Waals surface area contributed by atoms with Crippen molar-refractivity contribution in [1.82, 2.24) is 5.32 Å². The van der Waals surface area contributed by atoms with Gasteiger partial charge in [-0.05, 0) is 33.2 Å². The van der Waals surface area contributed by atoms with Gasteiger partial charge in [-0.1, -0.05) is 24.3 Å². The maximum atomic E-state index is 8.63. The van der Waals surface area contributed by atoms with E-state index in [-0.39, 0.29) is 0 Å². The Morgan fingerprint density at radius 3 is 1.69 bits per heavy atom. The maximum absolute atomic E-state index is 8.63. The van der Waals surface area contributed by atoms with Crippen LogP contribution in [0, 0.1) is 0 Å². The van der Waals surface area contributed by atoms with Gasteiger partial charge in [-0.2, -0.15) is 0 Å². The van der Waals surface area contributed by atoms with Gasteiger partial charge < -0.3 is 10.4 Å². The highest BCUT2D eigenvalue weighted by Gasteiger charge is 1.74. The molecule has 1 aromatic carbocycles. The number of rotatable bonds is 0. The molecule has 13 heavy (non-hydrogen) atoms.